The topological polar surface area (TPSA) is 157 Å². The Hall–Kier alpha value is -3.37. The van der Waals surface area contributed by atoms with Gasteiger partial charge < -0.3 is 36.3 Å². The summed E-state index contributed by atoms with van der Waals surface area (Å²) in [6.07, 6.45) is 4.42. The van der Waals surface area contributed by atoms with Gasteiger partial charge >= 0.3 is 0 Å². The molecule has 1 unspecified atom stereocenters. The number of rotatable bonds is 15. The molecule has 1 aliphatic heterocycles. The zero-order valence-electron chi connectivity index (χ0n) is 24.8. The van der Waals surface area contributed by atoms with Crippen LogP contribution in [0.25, 0.3) is 0 Å². The molecule has 2 aliphatic rings. The summed E-state index contributed by atoms with van der Waals surface area (Å²) in [6.45, 7) is 9.77. The van der Waals surface area contributed by atoms with Crippen LogP contribution < -0.4 is 26.3 Å². The van der Waals surface area contributed by atoms with E-state index in [2.05, 4.69) is 19.2 Å². The number of amides is 3. The van der Waals surface area contributed by atoms with E-state index in [1.54, 1.807) is 11.0 Å². The molecule has 226 valence electrons. The number of primary amides is 1. The Labute approximate surface area is 243 Å². The average Bonchev–Trinajstić information content (AvgIpc) is 3.40. The highest BCUT2D eigenvalue weighted by atomic mass is 16.7. The van der Waals surface area contributed by atoms with Gasteiger partial charge in [-0.1, -0.05) is 39.8 Å². The highest BCUT2D eigenvalue weighted by Crippen LogP contribution is 2.40. The monoisotopic (exact) mass is 570 g/mol. The van der Waals surface area contributed by atoms with Gasteiger partial charge in [0, 0.05) is 36.8 Å². The molecule has 3 rings (SSSR count). The Morgan fingerprint density at radius 1 is 1.12 bits per heavy atom. The molecule has 3 amide bonds. The van der Waals surface area contributed by atoms with Crippen LogP contribution in [-0.4, -0.2) is 66.3 Å². The molecule has 0 radical (unpaired) electrons. The molecule has 0 aromatic heterocycles. The number of ether oxygens (including phenoxy) is 2. The van der Waals surface area contributed by atoms with Gasteiger partial charge in [-0.25, -0.2) is 0 Å². The third-order valence-electron chi connectivity index (χ3n) is 7.54. The molecule has 0 bridgehead atoms. The van der Waals surface area contributed by atoms with Crippen LogP contribution in [-0.2, 0) is 20.8 Å². The van der Waals surface area contributed by atoms with Crippen molar-refractivity contribution >= 4 is 17.7 Å². The summed E-state index contributed by atoms with van der Waals surface area (Å²) in [5.41, 5.74) is 12.0. The molecule has 1 aromatic carbocycles. The van der Waals surface area contributed by atoms with Gasteiger partial charge in [0.25, 0.3) is 0 Å². The summed E-state index contributed by atoms with van der Waals surface area (Å²) in [7, 11) is 0. The molecule has 1 heterocycles. The minimum atomic E-state index is -1.39. The van der Waals surface area contributed by atoms with Crippen molar-refractivity contribution in [3.63, 3.8) is 0 Å². The third kappa shape index (κ3) is 8.33. The molecule has 0 fully saturated rings. The molecular weight excluding hydrogens is 524 g/mol. The number of nitrogens with zero attached hydrogens (tertiary/aromatic N) is 1. The number of hydrogen-bond acceptors (Lipinski definition) is 7. The first-order valence-electron chi connectivity index (χ1n) is 14.6. The van der Waals surface area contributed by atoms with E-state index in [9.17, 15) is 19.5 Å². The van der Waals surface area contributed by atoms with E-state index in [0.717, 1.165) is 24.8 Å². The molecule has 0 saturated heterocycles. The first-order valence-corrected chi connectivity index (χ1v) is 14.6. The molecule has 10 heteroatoms. The highest BCUT2D eigenvalue weighted by molar-refractivity contribution is 6.03. The van der Waals surface area contributed by atoms with E-state index in [1.807, 2.05) is 26.0 Å². The number of aliphatic hydroxyl groups excluding tert-OH is 1. The average molecular weight is 571 g/mol. The fourth-order valence-corrected chi connectivity index (χ4v) is 5.33. The van der Waals surface area contributed by atoms with E-state index in [-0.39, 0.29) is 37.0 Å². The van der Waals surface area contributed by atoms with Gasteiger partial charge in [0.2, 0.25) is 24.5 Å². The van der Waals surface area contributed by atoms with Crippen LogP contribution in [0, 0.1) is 11.3 Å². The smallest absolute Gasteiger partial charge is 0.249 e. The number of carbonyl (C=O) groups excluding carboxylic acids is 3. The van der Waals surface area contributed by atoms with Crippen molar-refractivity contribution < 1.29 is 29.0 Å². The lowest BCUT2D eigenvalue weighted by Crippen LogP contribution is -2.49. The number of carbonyl (C=O) groups is 3. The van der Waals surface area contributed by atoms with Crippen molar-refractivity contribution in [3.8, 4) is 11.5 Å². The molecule has 41 heavy (non-hydrogen) atoms. The second-order valence-corrected chi connectivity index (χ2v) is 11.5. The zero-order valence-corrected chi connectivity index (χ0v) is 24.8. The number of benzene rings is 1. The maximum atomic E-state index is 13.9. The molecule has 0 saturated carbocycles. The minimum absolute atomic E-state index is 0.0217. The predicted molar refractivity (Wildman–Crippen MR) is 157 cm³/mol. The lowest BCUT2D eigenvalue weighted by molar-refractivity contribution is -0.131. The standard InChI is InChI=1S/C31H46N4O6/c1-5-11-35(12-6-2)29(38)23-15-22(28(33)37)16-31(17-23,30(39)34-10-9-20(3)4)18-25(36)24(32)13-21-7-8-26-27(14-21)41-19-40-26/h7-8,14-16,20,24-25,36H,5-6,9-13,17-19,32H2,1-4H3,(H2,33,37)(H,34,39)/t24-,25+,31?/m0/s1. The first-order chi connectivity index (χ1) is 19.5. The number of nitrogens with one attached hydrogen (secondary N) is 1. The third-order valence-corrected chi connectivity index (χ3v) is 7.54. The van der Waals surface area contributed by atoms with Crippen molar-refractivity contribution in [2.24, 2.45) is 22.8 Å². The van der Waals surface area contributed by atoms with Crippen LogP contribution in [0.1, 0.15) is 65.4 Å². The van der Waals surface area contributed by atoms with Crippen LogP contribution in [0.15, 0.2) is 41.5 Å². The van der Waals surface area contributed by atoms with Crippen molar-refractivity contribution in [2.45, 2.75) is 78.4 Å². The van der Waals surface area contributed by atoms with Gasteiger partial charge in [-0.3, -0.25) is 14.4 Å². The van der Waals surface area contributed by atoms with E-state index in [0.29, 0.717) is 49.0 Å². The lowest BCUT2D eigenvalue weighted by atomic mass is 9.70. The van der Waals surface area contributed by atoms with Crippen molar-refractivity contribution in [1.82, 2.24) is 10.2 Å². The first kappa shape index (κ1) is 32.1. The van der Waals surface area contributed by atoms with Crippen LogP contribution in [0.5, 0.6) is 11.5 Å². The van der Waals surface area contributed by atoms with Crippen LogP contribution in [0.2, 0.25) is 0 Å². The Bertz CT molecular complexity index is 1160. The highest BCUT2D eigenvalue weighted by Gasteiger charge is 2.44. The van der Waals surface area contributed by atoms with E-state index in [1.165, 1.54) is 12.2 Å². The Balaban J connectivity index is 1.91. The molecule has 1 aromatic rings. The van der Waals surface area contributed by atoms with E-state index in [4.69, 9.17) is 20.9 Å². The summed E-state index contributed by atoms with van der Waals surface area (Å²) in [4.78, 5) is 41.7. The van der Waals surface area contributed by atoms with Crippen LogP contribution >= 0.6 is 0 Å². The summed E-state index contributed by atoms with van der Waals surface area (Å²) >= 11 is 0. The van der Waals surface area contributed by atoms with Gasteiger partial charge in [-0.05, 0) is 68.2 Å². The fourth-order valence-electron chi connectivity index (χ4n) is 5.33. The van der Waals surface area contributed by atoms with E-state index >= 15 is 0 Å². The normalized spacial score (nSPS) is 19.3. The maximum absolute atomic E-state index is 13.9. The van der Waals surface area contributed by atoms with Crippen LogP contribution in [0.3, 0.4) is 0 Å². The summed E-state index contributed by atoms with van der Waals surface area (Å²) in [5.74, 6) is 0.273. The van der Waals surface area contributed by atoms with Gasteiger partial charge in [-0.15, -0.1) is 0 Å². The Morgan fingerprint density at radius 2 is 1.80 bits per heavy atom. The van der Waals surface area contributed by atoms with E-state index < -0.39 is 23.5 Å². The minimum Gasteiger partial charge on any atom is -0.454 e. The summed E-state index contributed by atoms with van der Waals surface area (Å²) in [6, 6.07) is 4.74. The molecular formula is C31H46N4O6. The second-order valence-electron chi connectivity index (χ2n) is 11.5. The van der Waals surface area contributed by atoms with Crippen molar-refractivity contribution in [2.75, 3.05) is 26.4 Å². The number of hydrogen-bond donors (Lipinski definition) is 4. The molecule has 10 nitrogen and oxygen atoms in total. The van der Waals surface area contributed by atoms with Gasteiger partial charge in [0.05, 0.1) is 11.5 Å². The predicted octanol–water partition coefficient (Wildman–Crippen LogP) is 2.58. The zero-order chi connectivity index (χ0) is 30.2. The molecule has 3 atom stereocenters. The number of nitrogens with two attached hydrogens (primary N) is 2. The van der Waals surface area contributed by atoms with Crippen LogP contribution in [0.4, 0.5) is 0 Å². The second kappa shape index (κ2) is 14.5. The maximum Gasteiger partial charge on any atom is 0.249 e. The lowest BCUT2D eigenvalue weighted by Gasteiger charge is -2.37. The van der Waals surface area contributed by atoms with Gasteiger partial charge in [-0.2, -0.15) is 0 Å². The quantitative estimate of drug-likeness (QED) is 0.252. The number of fused-ring (bicyclic) bond motifs is 1. The summed E-state index contributed by atoms with van der Waals surface area (Å²) in [5, 5.41) is 14.3. The van der Waals surface area contributed by atoms with Gasteiger partial charge in [0.1, 0.15) is 0 Å². The molecule has 0 spiro atoms. The van der Waals surface area contributed by atoms with Crippen molar-refractivity contribution in [3.05, 3.63) is 47.1 Å². The Kier molecular flexibility index (Phi) is 11.4. The number of aliphatic hydroxyl groups is 1. The summed E-state index contributed by atoms with van der Waals surface area (Å²) < 4.78 is 10.8. The fraction of sp³-hybridized carbons (Fsp3) is 0.581. The molecule has 6 N–H and O–H groups in total. The Morgan fingerprint density at radius 3 is 2.44 bits per heavy atom. The van der Waals surface area contributed by atoms with Crippen molar-refractivity contribution in [1.29, 1.82) is 0 Å². The van der Waals surface area contributed by atoms with Gasteiger partial charge in [0.15, 0.2) is 11.5 Å². The molecule has 1 aliphatic carbocycles. The SMILES string of the molecule is CCCN(CCC)C(=O)C1=CC(C(N)=O)=CC(C[C@@H](O)[C@@H](N)Cc2ccc3c(c2)OCO3)(C(=O)NCCC(C)C)C1. The largest absolute Gasteiger partial charge is 0.454 e.